The van der Waals surface area contributed by atoms with Gasteiger partial charge in [0.15, 0.2) is 0 Å². The fourth-order valence-corrected chi connectivity index (χ4v) is 2.11. The third kappa shape index (κ3) is 5.43. The summed E-state index contributed by atoms with van der Waals surface area (Å²) in [6, 6.07) is 7.35. The van der Waals surface area contributed by atoms with Crippen LogP contribution in [0.2, 0.25) is 0 Å². The molecule has 0 bridgehead atoms. The fourth-order valence-electron chi connectivity index (χ4n) is 2.11. The lowest BCUT2D eigenvalue weighted by molar-refractivity contribution is -0.129. The fraction of sp³-hybridized carbons (Fsp3) is 0.556. The topological polar surface area (TPSA) is 54.4 Å². The molecule has 0 saturated heterocycles. The Bertz CT molecular complexity index is 474. The average Bonchev–Trinajstić information content (AvgIpc) is 2.46. The molecule has 1 aromatic rings. The average molecular weight is 290 g/mol. The molecule has 116 valence electrons. The van der Waals surface area contributed by atoms with E-state index in [4.69, 9.17) is 5.11 Å². The molecule has 0 aliphatic carbocycles. The van der Waals surface area contributed by atoms with E-state index in [9.17, 15) is 9.59 Å². The lowest BCUT2D eigenvalue weighted by Crippen LogP contribution is -2.23. The summed E-state index contributed by atoms with van der Waals surface area (Å²) in [5.74, 6) is 0.337. The predicted molar refractivity (Wildman–Crippen MR) is 83.9 cm³/mol. The molecular formula is C18H26O3. The number of carbonyl (C=O) groups excluding carboxylic acids is 2. The number of aliphatic hydroxyl groups is 1. The minimum atomic E-state index is -0.240. The minimum Gasteiger partial charge on any atom is -0.392 e. The maximum atomic E-state index is 12.2. The van der Waals surface area contributed by atoms with E-state index < -0.39 is 0 Å². The summed E-state index contributed by atoms with van der Waals surface area (Å²) in [5.41, 5.74) is 1.76. The minimum absolute atomic E-state index is 0.00378. The van der Waals surface area contributed by atoms with Crippen LogP contribution in [0.25, 0.3) is 0 Å². The largest absolute Gasteiger partial charge is 0.392 e. The lowest BCUT2D eigenvalue weighted by Gasteiger charge is -2.17. The van der Waals surface area contributed by atoms with Crippen molar-refractivity contribution < 1.29 is 14.7 Å². The molecule has 1 rings (SSSR count). The van der Waals surface area contributed by atoms with Gasteiger partial charge >= 0.3 is 0 Å². The first-order valence-corrected chi connectivity index (χ1v) is 7.59. The van der Waals surface area contributed by atoms with Gasteiger partial charge < -0.3 is 5.11 Å². The number of hydrogen-bond donors (Lipinski definition) is 1. The molecule has 0 fully saturated rings. The standard InChI is InChI=1S/C18H26O3/c1-12(2)14(4)18(21)9-13(3)17(20)10-15-5-7-16(11-19)8-6-15/h5-8,12-14,19H,9-11H2,1-4H3/t13-,14-/m0/s1. The number of carbonyl (C=O) groups is 2. The van der Waals surface area contributed by atoms with E-state index in [1.54, 1.807) is 0 Å². The molecule has 21 heavy (non-hydrogen) atoms. The maximum Gasteiger partial charge on any atom is 0.140 e. The van der Waals surface area contributed by atoms with E-state index in [-0.39, 0.29) is 30.0 Å². The molecule has 1 N–H and O–H groups in total. The molecule has 0 aliphatic heterocycles. The van der Waals surface area contributed by atoms with E-state index in [1.165, 1.54) is 0 Å². The summed E-state index contributed by atoms with van der Waals surface area (Å²) in [4.78, 5) is 24.2. The second-order valence-electron chi connectivity index (χ2n) is 6.22. The van der Waals surface area contributed by atoms with Crippen LogP contribution in [0.1, 0.15) is 45.2 Å². The molecule has 3 nitrogen and oxygen atoms in total. The van der Waals surface area contributed by atoms with Gasteiger partial charge in [0.1, 0.15) is 11.6 Å². The van der Waals surface area contributed by atoms with Crippen LogP contribution in [0.15, 0.2) is 24.3 Å². The first-order valence-electron chi connectivity index (χ1n) is 7.59. The highest BCUT2D eigenvalue weighted by Crippen LogP contribution is 2.18. The molecular weight excluding hydrogens is 264 g/mol. The van der Waals surface area contributed by atoms with Crippen molar-refractivity contribution in [3.8, 4) is 0 Å². The zero-order valence-corrected chi connectivity index (χ0v) is 13.4. The van der Waals surface area contributed by atoms with Gasteiger partial charge in [-0.05, 0) is 17.0 Å². The second kappa shape index (κ2) is 8.08. The Morgan fingerprint density at radius 3 is 1.95 bits per heavy atom. The molecule has 1 aromatic carbocycles. The lowest BCUT2D eigenvalue weighted by atomic mass is 9.86. The van der Waals surface area contributed by atoms with Crippen molar-refractivity contribution in [1.82, 2.24) is 0 Å². The van der Waals surface area contributed by atoms with Gasteiger partial charge in [0.25, 0.3) is 0 Å². The predicted octanol–water partition coefficient (Wildman–Crippen LogP) is 3.18. The Kier molecular flexibility index (Phi) is 6.76. The van der Waals surface area contributed by atoms with Gasteiger partial charge in [-0.2, -0.15) is 0 Å². The van der Waals surface area contributed by atoms with Gasteiger partial charge in [0, 0.05) is 24.7 Å². The van der Waals surface area contributed by atoms with E-state index in [1.807, 2.05) is 52.0 Å². The van der Waals surface area contributed by atoms with E-state index in [0.717, 1.165) is 11.1 Å². The molecule has 3 heteroatoms. The molecule has 0 spiro atoms. The number of Topliss-reactive ketones (excluding diaryl/α,β-unsaturated/α-hetero) is 2. The van der Waals surface area contributed by atoms with Crippen molar-refractivity contribution in [2.75, 3.05) is 0 Å². The van der Waals surface area contributed by atoms with Gasteiger partial charge in [-0.25, -0.2) is 0 Å². The van der Waals surface area contributed by atoms with Crippen molar-refractivity contribution in [2.45, 2.75) is 47.1 Å². The van der Waals surface area contributed by atoms with E-state index in [2.05, 4.69) is 0 Å². The van der Waals surface area contributed by atoms with Crippen molar-refractivity contribution in [1.29, 1.82) is 0 Å². The van der Waals surface area contributed by atoms with Crippen LogP contribution in [0, 0.1) is 17.8 Å². The van der Waals surface area contributed by atoms with Crippen molar-refractivity contribution in [2.24, 2.45) is 17.8 Å². The molecule has 0 aromatic heterocycles. The monoisotopic (exact) mass is 290 g/mol. The van der Waals surface area contributed by atoms with Gasteiger partial charge in [-0.3, -0.25) is 9.59 Å². The smallest absolute Gasteiger partial charge is 0.140 e. The molecule has 0 saturated carbocycles. The molecule has 0 unspecified atom stereocenters. The number of ketones is 2. The number of rotatable bonds is 8. The first-order chi connectivity index (χ1) is 9.85. The number of hydrogen-bond acceptors (Lipinski definition) is 3. The molecule has 0 aliphatic rings. The van der Waals surface area contributed by atoms with Crippen LogP contribution in [0.5, 0.6) is 0 Å². The highest BCUT2D eigenvalue weighted by Gasteiger charge is 2.22. The normalized spacial score (nSPS) is 14.0. The molecule has 0 radical (unpaired) electrons. The highest BCUT2D eigenvalue weighted by atomic mass is 16.3. The Hall–Kier alpha value is -1.48. The highest BCUT2D eigenvalue weighted by molar-refractivity contribution is 5.89. The van der Waals surface area contributed by atoms with Crippen molar-refractivity contribution in [3.05, 3.63) is 35.4 Å². The van der Waals surface area contributed by atoms with E-state index in [0.29, 0.717) is 18.8 Å². The Balaban J connectivity index is 2.56. The molecule has 0 heterocycles. The van der Waals surface area contributed by atoms with Crippen LogP contribution in [0.4, 0.5) is 0 Å². The summed E-state index contributed by atoms with van der Waals surface area (Å²) in [6.45, 7) is 7.81. The summed E-state index contributed by atoms with van der Waals surface area (Å²) in [7, 11) is 0. The van der Waals surface area contributed by atoms with Crippen LogP contribution in [0.3, 0.4) is 0 Å². The maximum absolute atomic E-state index is 12.2. The van der Waals surface area contributed by atoms with Crippen molar-refractivity contribution >= 4 is 11.6 Å². The third-order valence-corrected chi connectivity index (χ3v) is 4.15. The van der Waals surface area contributed by atoms with Gasteiger partial charge in [0.2, 0.25) is 0 Å². The SMILES string of the molecule is CC(C)[C@H](C)C(=O)C[C@H](C)C(=O)Cc1ccc(CO)cc1. The van der Waals surface area contributed by atoms with Gasteiger partial charge in [0.05, 0.1) is 6.61 Å². The Morgan fingerprint density at radius 2 is 1.48 bits per heavy atom. The zero-order valence-electron chi connectivity index (χ0n) is 13.4. The summed E-state index contributed by atoms with van der Waals surface area (Å²) in [6.07, 6.45) is 0.670. The Morgan fingerprint density at radius 1 is 0.952 bits per heavy atom. The van der Waals surface area contributed by atoms with Crippen molar-refractivity contribution in [3.63, 3.8) is 0 Å². The summed E-state index contributed by atoms with van der Waals surface area (Å²) < 4.78 is 0. The van der Waals surface area contributed by atoms with Gasteiger partial charge in [-0.1, -0.05) is 52.0 Å². The first kappa shape index (κ1) is 17.6. The van der Waals surface area contributed by atoms with Crippen LogP contribution >= 0.6 is 0 Å². The summed E-state index contributed by atoms with van der Waals surface area (Å²) >= 11 is 0. The molecule has 0 amide bonds. The number of aliphatic hydroxyl groups excluding tert-OH is 1. The quantitative estimate of drug-likeness (QED) is 0.800. The molecule has 2 atom stereocenters. The summed E-state index contributed by atoms with van der Waals surface area (Å²) in [5, 5.41) is 8.99. The van der Waals surface area contributed by atoms with Gasteiger partial charge in [-0.15, -0.1) is 0 Å². The number of benzene rings is 1. The third-order valence-electron chi connectivity index (χ3n) is 4.15. The van der Waals surface area contributed by atoms with Crippen LogP contribution in [-0.4, -0.2) is 16.7 Å². The second-order valence-corrected chi connectivity index (χ2v) is 6.22. The van der Waals surface area contributed by atoms with Crippen LogP contribution in [-0.2, 0) is 22.6 Å². The van der Waals surface area contributed by atoms with Crippen LogP contribution < -0.4 is 0 Å². The Labute approximate surface area is 127 Å². The zero-order chi connectivity index (χ0) is 16.0. The van der Waals surface area contributed by atoms with E-state index >= 15 is 0 Å².